The second-order valence-corrected chi connectivity index (χ2v) is 9.90. The second kappa shape index (κ2) is 9.79. The minimum Gasteiger partial charge on any atom is -0.316 e. The normalized spacial score (nSPS) is 12.7. The fourth-order valence-electron chi connectivity index (χ4n) is 4.02. The number of fused-ring (bicyclic) bond motifs is 1. The van der Waals surface area contributed by atoms with Gasteiger partial charge in [-0.1, -0.05) is 30.0 Å². The van der Waals surface area contributed by atoms with Gasteiger partial charge in [0, 0.05) is 16.1 Å². The van der Waals surface area contributed by atoms with Crippen LogP contribution in [0.5, 0.6) is 0 Å². The Morgan fingerprint density at radius 2 is 1.88 bits per heavy atom. The number of aryl methyl sites for hydroxylation is 1. The molecule has 2 heterocycles. The molecule has 0 atom stereocenters. The van der Waals surface area contributed by atoms with Crippen LogP contribution >= 0.6 is 23.1 Å². The molecule has 1 aliphatic rings. The Morgan fingerprint density at radius 3 is 2.65 bits per heavy atom. The molecule has 4 aromatic rings. The molecule has 0 bridgehead atoms. The Hall–Kier alpha value is -3.48. The van der Waals surface area contributed by atoms with Crippen LogP contribution < -0.4 is 5.32 Å². The van der Waals surface area contributed by atoms with Gasteiger partial charge in [-0.25, -0.2) is 4.39 Å². The van der Waals surface area contributed by atoms with Crippen molar-refractivity contribution in [2.45, 2.75) is 30.8 Å². The third-order valence-electron chi connectivity index (χ3n) is 5.62. The monoisotopic (exact) mass is 489 g/mol. The molecule has 1 amide bonds. The fourth-order valence-corrected chi connectivity index (χ4v) is 6.03. The van der Waals surface area contributed by atoms with Gasteiger partial charge in [0.15, 0.2) is 11.0 Å². The molecular weight excluding hydrogens is 469 g/mol. The molecule has 0 radical (unpaired) electrons. The lowest BCUT2D eigenvalue weighted by atomic mass is 9.96. The average Bonchev–Trinajstić information content (AvgIpc) is 3.44. The maximum absolute atomic E-state index is 13.4. The number of amides is 1. The number of anilines is 1. The molecule has 2 aromatic heterocycles. The van der Waals surface area contributed by atoms with Gasteiger partial charge < -0.3 is 5.32 Å². The molecule has 9 heteroatoms. The number of nitrogens with one attached hydrogen (secondary N) is 1. The van der Waals surface area contributed by atoms with Crippen molar-refractivity contribution in [3.63, 3.8) is 0 Å². The van der Waals surface area contributed by atoms with Gasteiger partial charge in [-0.05, 0) is 67.6 Å². The topological polar surface area (TPSA) is 83.6 Å². The summed E-state index contributed by atoms with van der Waals surface area (Å²) in [6, 6.07) is 17.9. The number of thiophene rings is 1. The van der Waals surface area contributed by atoms with Crippen molar-refractivity contribution >= 4 is 34.0 Å². The summed E-state index contributed by atoms with van der Waals surface area (Å²) in [6.45, 7) is 0. The minimum absolute atomic E-state index is 0.113. The standard InChI is InChI=1S/C25H20FN5OS2/c26-17-12-10-16(11-13-17)23-29-30-25(31(23)18-6-2-1-3-7-18)33-15-22(32)28-24-20(14-27)19-8-4-5-9-21(19)34-24/h1-3,6-7,10-13H,4-5,8-9,15H2,(H,28,32). The van der Waals surface area contributed by atoms with Crippen LogP contribution in [0.3, 0.4) is 0 Å². The van der Waals surface area contributed by atoms with Gasteiger partial charge in [-0.2, -0.15) is 5.26 Å². The predicted molar refractivity (Wildman–Crippen MR) is 132 cm³/mol. The van der Waals surface area contributed by atoms with Crippen LogP contribution in [0.4, 0.5) is 9.39 Å². The van der Waals surface area contributed by atoms with Gasteiger partial charge in [0.2, 0.25) is 5.91 Å². The van der Waals surface area contributed by atoms with Gasteiger partial charge in [0.1, 0.15) is 16.9 Å². The highest BCUT2D eigenvalue weighted by molar-refractivity contribution is 7.99. The Balaban J connectivity index is 1.38. The lowest BCUT2D eigenvalue weighted by Gasteiger charge is -2.10. The first-order valence-electron chi connectivity index (χ1n) is 10.9. The zero-order valence-electron chi connectivity index (χ0n) is 18.1. The first kappa shape index (κ1) is 22.3. The Morgan fingerprint density at radius 1 is 1.12 bits per heavy atom. The maximum atomic E-state index is 13.4. The van der Waals surface area contributed by atoms with Gasteiger partial charge in [0.05, 0.1) is 11.3 Å². The van der Waals surface area contributed by atoms with Gasteiger partial charge in [0.25, 0.3) is 0 Å². The summed E-state index contributed by atoms with van der Waals surface area (Å²) in [5.41, 5.74) is 3.25. The van der Waals surface area contributed by atoms with Crippen molar-refractivity contribution in [2.75, 3.05) is 11.1 Å². The van der Waals surface area contributed by atoms with Gasteiger partial charge in [-0.15, -0.1) is 21.5 Å². The van der Waals surface area contributed by atoms with E-state index in [4.69, 9.17) is 0 Å². The van der Waals surface area contributed by atoms with Crippen LogP contribution in [0.25, 0.3) is 17.1 Å². The van der Waals surface area contributed by atoms with E-state index in [9.17, 15) is 14.4 Å². The number of nitriles is 1. The van der Waals surface area contributed by atoms with Crippen LogP contribution in [0.15, 0.2) is 59.8 Å². The molecule has 170 valence electrons. The first-order chi connectivity index (χ1) is 16.6. The van der Waals surface area contributed by atoms with E-state index in [1.165, 1.54) is 40.1 Å². The first-order valence-corrected chi connectivity index (χ1v) is 12.7. The van der Waals surface area contributed by atoms with E-state index in [0.717, 1.165) is 42.5 Å². The quantitative estimate of drug-likeness (QED) is 0.356. The average molecular weight is 490 g/mol. The highest BCUT2D eigenvalue weighted by atomic mass is 32.2. The van der Waals surface area contributed by atoms with E-state index in [1.54, 1.807) is 12.1 Å². The highest BCUT2D eigenvalue weighted by Crippen LogP contribution is 2.38. The lowest BCUT2D eigenvalue weighted by molar-refractivity contribution is -0.113. The Labute approximate surface area is 204 Å². The number of thioether (sulfide) groups is 1. The van der Waals surface area contributed by atoms with E-state index >= 15 is 0 Å². The van der Waals surface area contributed by atoms with E-state index in [0.29, 0.717) is 21.5 Å². The molecule has 0 fully saturated rings. The number of hydrogen-bond acceptors (Lipinski definition) is 6. The summed E-state index contributed by atoms with van der Waals surface area (Å²) in [5, 5.41) is 22.4. The molecule has 6 nitrogen and oxygen atoms in total. The number of halogens is 1. The van der Waals surface area contributed by atoms with E-state index in [-0.39, 0.29) is 17.5 Å². The van der Waals surface area contributed by atoms with Crippen molar-refractivity contribution < 1.29 is 9.18 Å². The zero-order valence-corrected chi connectivity index (χ0v) is 19.8. The summed E-state index contributed by atoms with van der Waals surface area (Å²) < 4.78 is 15.3. The number of rotatable bonds is 6. The molecule has 0 aliphatic heterocycles. The summed E-state index contributed by atoms with van der Waals surface area (Å²) >= 11 is 2.77. The second-order valence-electron chi connectivity index (χ2n) is 7.85. The van der Waals surface area contributed by atoms with Crippen LogP contribution in [-0.4, -0.2) is 26.4 Å². The molecule has 2 aromatic carbocycles. The third kappa shape index (κ3) is 4.47. The van der Waals surface area contributed by atoms with E-state index in [2.05, 4.69) is 21.6 Å². The number of nitrogens with zero attached hydrogens (tertiary/aromatic N) is 4. The smallest absolute Gasteiger partial charge is 0.235 e. The molecule has 1 N–H and O–H groups in total. The van der Waals surface area contributed by atoms with Gasteiger partial charge >= 0.3 is 0 Å². The molecule has 0 unspecified atom stereocenters. The summed E-state index contributed by atoms with van der Waals surface area (Å²) in [5.74, 6) is 0.146. The van der Waals surface area contributed by atoms with Crippen molar-refractivity contribution in [2.24, 2.45) is 0 Å². The number of benzene rings is 2. The largest absolute Gasteiger partial charge is 0.316 e. The summed E-state index contributed by atoms with van der Waals surface area (Å²) in [6.07, 6.45) is 4.05. The van der Waals surface area contributed by atoms with Crippen molar-refractivity contribution in [1.29, 1.82) is 5.26 Å². The van der Waals surface area contributed by atoms with Gasteiger partial charge in [-0.3, -0.25) is 9.36 Å². The summed E-state index contributed by atoms with van der Waals surface area (Å²) in [4.78, 5) is 14.0. The SMILES string of the molecule is N#Cc1c(NC(=O)CSc2nnc(-c3ccc(F)cc3)n2-c2ccccc2)sc2c1CCCC2. The predicted octanol–water partition coefficient (Wildman–Crippen LogP) is 5.62. The van der Waals surface area contributed by atoms with Crippen molar-refractivity contribution in [3.05, 3.63) is 76.4 Å². The molecule has 5 rings (SSSR count). The van der Waals surface area contributed by atoms with E-state index in [1.807, 2.05) is 34.9 Å². The third-order valence-corrected chi connectivity index (χ3v) is 7.75. The van der Waals surface area contributed by atoms with Crippen LogP contribution in [0.1, 0.15) is 28.8 Å². The van der Waals surface area contributed by atoms with Crippen LogP contribution in [-0.2, 0) is 17.6 Å². The zero-order chi connectivity index (χ0) is 23.5. The van der Waals surface area contributed by atoms with Crippen molar-refractivity contribution in [1.82, 2.24) is 14.8 Å². The Bertz CT molecular complexity index is 1370. The lowest BCUT2D eigenvalue weighted by Crippen LogP contribution is -2.14. The Kier molecular flexibility index (Phi) is 6.43. The minimum atomic E-state index is -0.326. The number of carbonyl (C=O) groups excluding carboxylic acids is 1. The summed E-state index contributed by atoms with van der Waals surface area (Å²) in [7, 11) is 0. The molecule has 0 spiro atoms. The molecular formula is C25H20FN5OS2. The molecule has 34 heavy (non-hydrogen) atoms. The number of aromatic nitrogens is 3. The van der Waals surface area contributed by atoms with Crippen LogP contribution in [0, 0.1) is 17.1 Å². The van der Waals surface area contributed by atoms with Crippen molar-refractivity contribution in [3.8, 4) is 23.1 Å². The number of hydrogen-bond donors (Lipinski definition) is 1. The van der Waals surface area contributed by atoms with E-state index < -0.39 is 0 Å². The molecule has 0 saturated heterocycles. The number of carbonyl (C=O) groups is 1. The number of para-hydroxylation sites is 1. The fraction of sp³-hybridized carbons (Fsp3) is 0.200. The highest BCUT2D eigenvalue weighted by Gasteiger charge is 2.22. The van der Waals surface area contributed by atoms with Crippen LogP contribution in [0.2, 0.25) is 0 Å². The maximum Gasteiger partial charge on any atom is 0.235 e. The molecule has 1 aliphatic carbocycles. The molecule has 0 saturated carbocycles.